The van der Waals surface area contributed by atoms with Gasteiger partial charge in [0.2, 0.25) is 0 Å². The van der Waals surface area contributed by atoms with Crippen LogP contribution in [0.5, 0.6) is 0 Å². The molecule has 0 atom stereocenters. The van der Waals surface area contributed by atoms with E-state index in [1.807, 2.05) is 24.5 Å². The molecule has 1 saturated heterocycles. The topological polar surface area (TPSA) is 95.2 Å². The lowest BCUT2D eigenvalue weighted by Gasteiger charge is -2.26. The molecular formula is C26H20Cl2N4O3S. The third-order valence-corrected chi connectivity index (χ3v) is 8.43. The number of fused-ring (bicyclic) bond motifs is 1. The Morgan fingerprint density at radius 3 is 2.56 bits per heavy atom. The fourth-order valence-electron chi connectivity index (χ4n) is 4.81. The van der Waals surface area contributed by atoms with Crippen molar-refractivity contribution in [3.63, 3.8) is 0 Å². The standard InChI is InChI=1S/C26H20Cl2N4O3S/c1-13-9-15(14(2)31(13)23-17-5-3-4-6-21(17)36-22(23)12-29)10-18-24(33)30-26(35)32(25(18)34)16-7-8-19(27)20(28)11-16/h7-11H,3-6H2,1-2H3,(H,30,33,35)/b18-10+. The first kappa shape index (κ1) is 24.3. The van der Waals surface area contributed by atoms with Crippen LogP contribution in [-0.2, 0) is 22.4 Å². The zero-order chi connectivity index (χ0) is 25.7. The molecule has 0 radical (unpaired) electrons. The molecular weight excluding hydrogens is 519 g/mol. The summed E-state index contributed by atoms with van der Waals surface area (Å²) in [4.78, 5) is 41.3. The maximum Gasteiger partial charge on any atom is 0.335 e. The lowest BCUT2D eigenvalue weighted by atomic mass is 9.97. The van der Waals surface area contributed by atoms with Gasteiger partial charge in [-0.05, 0) is 81.0 Å². The Labute approximate surface area is 221 Å². The van der Waals surface area contributed by atoms with Crippen LogP contribution >= 0.6 is 34.5 Å². The molecule has 0 saturated carbocycles. The molecule has 2 aromatic heterocycles. The van der Waals surface area contributed by atoms with E-state index >= 15 is 0 Å². The quantitative estimate of drug-likeness (QED) is 0.332. The molecule has 3 heterocycles. The zero-order valence-corrected chi connectivity index (χ0v) is 21.8. The number of hydrogen-bond acceptors (Lipinski definition) is 5. The fraction of sp³-hybridized carbons (Fsp3) is 0.231. The number of nitrogens with zero attached hydrogens (tertiary/aromatic N) is 3. The number of carbonyl (C=O) groups is 3. The van der Waals surface area contributed by atoms with Gasteiger partial charge in [-0.15, -0.1) is 11.3 Å². The summed E-state index contributed by atoms with van der Waals surface area (Å²) in [7, 11) is 0. The average molecular weight is 539 g/mol. The van der Waals surface area contributed by atoms with Crippen molar-refractivity contribution in [2.75, 3.05) is 4.90 Å². The minimum Gasteiger partial charge on any atom is -0.316 e. The number of amides is 4. The molecule has 0 bridgehead atoms. The number of nitrogens with one attached hydrogen (secondary N) is 1. The molecule has 1 fully saturated rings. The largest absolute Gasteiger partial charge is 0.335 e. The van der Waals surface area contributed by atoms with E-state index in [4.69, 9.17) is 23.2 Å². The van der Waals surface area contributed by atoms with E-state index in [1.54, 1.807) is 11.3 Å². The minimum atomic E-state index is -0.866. The van der Waals surface area contributed by atoms with Crippen molar-refractivity contribution in [1.82, 2.24) is 9.88 Å². The lowest BCUT2D eigenvalue weighted by molar-refractivity contribution is -0.122. The van der Waals surface area contributed by atoms with Gasteiger partial charge in [0.1, 0.15) is 16.5 Å². The molecule has 5 rings (SSSR count). The van der Waals surface area contributed by atoms with E-state index in [-0.39, 0.29) is 21.3 Å². The second-order valence-corrected chi connectivity index (χ2v) is 10.6. The number of nitriles is 1. The van der Waals surface area contributed by atoms with E-state index in [0.717, 1.165) is 47.7 Å². The first-order valence-electron chi connectivity index (χ1n) is 11.3. The van der Waals surface area contributed by atoms with Crippen molar-refractivity contribution in [1.29, 1.82) is 5.26 Å². The van der Waals surface area contributed by atoms with Crippen molar-refractivity contribution in [2.45, 2.75) is 39.5 Å². The lowest BCUT2D eigenvalue weighted by Crippen LogP contribution is -2.54. The third kappa shape index (κ3) is 3.94. The summed E-state index contributed by atoms with van der Waals surface area (Å²) in [6.45, 7) is 3.82. The first-order valence-corrected chi connectivity index (χ1v) is 12.9. The number of anilines is 1. The summed E-state index contributed by atoms with van der Waals surface area (Å²) in [5.41, 5.74) is 4.42. The molecule has 0 unspecified atom stereocenters. The predicted octanol–water partition coefficient (Wildman–Crippen LogP) is 5.88. The van der Waals surface area contributed by atoms with Gasteiger partial charge in [-0.3, -0.25) is 14.9 Å². The summed E-state index contributed by atoms with van der Waals surface area (Å²) in [6, 6.07) is 7.70. The second-order valence-electron chi connectivity index (χ2n) is 8.72. The smallest absolute Gasteiger partial charge is 0.316 e. The van der Waals surface area contributed by atoms with E-state index in [1.165, 1.54) is 34.7 Å². The van der Waals surface area contributed by atoms with Crippen LogP contribution in [-0.4, -0.2) is 22.4 Å². The number of urea groups is 1. The molecule has 7 nitrogen and oxygen atoms in total. The molecule has 0 spiro atoms. The SMILES string of the molecule is Cc1cc(/C=C2\C(=O)NC(=O)N(c3ccc(Cl)c(Cl)c3)C2=O)c(C)n1-c1c(C#N)sc2c1CCCC2. The summed E-state index contributed by atoms with van der Waals surface area (Å²) in [5, 5.41) is 12.5. The van der Waals surface area contributed by atoms with Crippen LogP contribution in [0.2, 0.25) is 10.0 Å². The monoisotopic (exact) mass is 538 g/mol. The van der Waals surface area contributed by atoms with Crippen molar-refractivity contribution in [3.05, 3.63) is 72.2 Å². The van der Waals surface area contributed by atoms with Crippen LogP contribution in [0.25, 0.3) is 11.8 Å². The normalized spacial score (nSPS) is 16.8. The molecule has 4 amide bonds. The number of carbonyl (C=O) groups excluding carboxylic acids is 3. The Morgan fingerprint density at radius 2 is 1.83 bits per heavy atom. The number of imide groups is 2. The van der Waals surface area contributed by atoms with E-state index in [0.29, 0.717) is 10.4 Å². The third-order valence-electron chi connectivity index (χ3n) is 6.50. The Balaban J connectivity index is 1.59. The summed E-state index contributed by atoms with van der Waals surface area (Å²) in [5.74, 6) is -1.55. The number of rotatable bonds is 3. The number of aromatic nitrogens is 1. The van der Waals surface area contributed by atoms with Gasteiger partial charge in [0.05, 0.1) is 21.4 Å². The van der Waals surface area contributed by atoms with Crippen LogP contribution in [0.15, 0.2) is 29.8 Å². The van der Waals surface area contributed by atoms with Gasteiger partial charge in [-0.2, -0.15) is 5.26 Å². The highest BCUT2D eigenvalue weighted by Gasteiger charge is 2.37. The Kier molecular flexibility index (Phi) is 6.25. The molecule has 182 valence electrons. The Morgan fingerprint density at radius 1 is 1.08 bits per heavy atom. The van der Waals surface area contributed by atoms with Gasteiger partial charge in [0, 0.05) is 16.3 Å². The number of barbiturate groups is 1. The van der Waals surface area contributed by atoms with Crippen LogP contribution in [0.3, 0.4) is 0 Å². The van der Waals surface area contributed by atoms with Gasteiger partial charge >= 0.3 is 6.03 Å². The highest BCUT2D eigenvalue weighted by Crippen LogP contribution is 2.39. The Hall–Kier alpha value is -3.38. The van der Waals surface area contributed by atoms with Crippen molar-refractivity contribution >= 4 is 64.1 Å². The maximum atomic E-state index is 13.3. The van der Waals surface area contributed by atoms with Crippen molar-refractivity contribution in [2.24, 2.45) is 0 Å². The van der Waals surface area contributed by atoms with Gasteiger partial charge in [0.25, 0.3) is 11.8 Å². The van der Waals surface area contributed by atoms with E-state index in [2.05, 4.69) is 11.4 Å². The highest BCUT2D eigenvalue weighted by atomic mass is 35.5. The first-order chi connectivity index (χ1) is 17.2. The maximum absolute atomic E-state index is 13.3. The number of aryl methyl sites for hydroxylation is 2. The van der Waals surface area contributed by atoms with Crippen molar-refractivity contribution < 1.29 is 14.4 Å². The van der Waals surface area contributed by atoms with E-state index in [9.17, 15) is 19.6 Å². The Bertz CT molecular complexity index is 1540. The van der Waals surface area contributed by atoms with Crippen LogP contribution in [0.4, 0.5) is 10.5 Å². The highest BCUT2D eigenvalue weighted by molar-refractivity contribution is 7.13. The van der Waals surface area contributed by atoms with E-state index < -0.39 is 17.8 Å². The predicted molar refractivity (Wildman–Crippen MR) is 140 cm³/mol. The van der Waals surface area contributed by atoms with Crippen LogP contribution in [0, 0.1) is 25.2 Å². The molecule has 1 aromatic carbocycles. The summed E-state index contributed by atoms with van der Waals surface area (Å²) >= 11 is 13.6. The molecule has 1 N–H and O–H groups in total. The van der Waals surface area contributed by atoms with Gasteiger partial charge in [-0.25, -0.2) is 9.69 Å². The molecule has 1 aliphatic heterocycles. The number of thiophene rings is 1. The fourth-order valence-corrected chi connectivity index (χ4v) is 6.27. The number of benzene rings is 1. The van der Waals surface area contributed by atoms with Crippen LogP contribution in [0.1, 0.15) is 45.1 Å². The number of halogens is 2. The van der Waals surface area contributed by atoms with Gasteiger partial charge < -0.3 is 4.57 Å². The molecule has 1 aliphatic carbocycles. The molecule has 10 heteroatoms. The zero-order valence-electron chi connectivity index (χ0n) is 19.4. The van der Waals surface area contributed by atoms with Gasteiger partial charge in [0.15, 0.2) is 0 Å². The summed E-state index contributed by atoms with van der Waals surface area (Å²) < 4.78 is 2.03. The molecule has 2 aliphatic rings. The summed E-state index contributed by atoms with van der Waals surface area (Å²) in [6.07, 6.45) is 5.56. The molecule has 36 heavy (non-hydrogen) atoms. The van der Waals surface area contributed by atoms with Crippen molar-refractivity contribution in [3.8, 4) is 11.8 Å². The second kappa shape index (κ2) is 9.25. The van der Waals surface area contributed by atoms with Gasteiger partial charge in [-0.1, -0.05) is 23.2 Å². The average Bonchev–Trinajstić information content (AvgIpc) is 3.34. The molecule has 3 aromatic rings. The van der Waals surface area contributed by atoms with Crippen LogP contribution < -0.4 is 10.2 Å². The number of hydrogen-bond donors (Lipinski definition) is 1. The minimum absolute atomic E-state index is 0.174.